The smallest absolute Gasteiger partial charge is 0.407 e. The lowest BCUT2D eigenvalue weighted by Crippen LogP contribution is -2.35. The van der Waals surface area contributed by atoms with E-state index >= 15 is 0 Å². The van der Waals surface area contributed by atoms with Crippen LogP contribution in [0.25, 0.3) is 0 Å². The summed E-state index contributed by atoms with van der Waals surface area (Å²) in [5.41, 5.74) is 0.344. The molecular formula is C13H17ClN2O4. The second-order valence-electron chi connectivity index (χ2n) is 3.75. The molecule has 0 heterocycles. The van der Waals surface area contributed by atoms with Crippen LogP contribution in [0.2, 0.25) is 5.02 Å². The van der Waals surface area contributed by atoms with Gasteiger partial charge >= 0.3 is 6.09 Å². The summed E-state index contributed by atoms with van der Waals surface area (Å²) in [6.07, 6.45) is -0.512. The lowest BCUT2D eigenvalue weighted by molar-refractivity contribution is 0.0949. The monoisotopic (exact) mass is 300 g/mol. The molecule has 1 rings (SSSR count). The third kappa shape index (κ3) is 4.97. The number of hydrogen-bond donors (Lipinski definition) is 2. The van der Waals surface area contributed by atoms with Crippen LogP contribution < -0.4 is 15.4 Å². The van der Waals surface area contributed by atoms with Gasteiger partial charge in [0.25, 0.3) is 5.91 Å². The molecule has 0 saturated carbocycles. The summed E-state index contributed by atoms with van der Waals surface area (Å²) in [6.45, 7) is 2.56. The van der Waals surface area contributed by atoms with E-state index in [-0.39, 0.29) is 19.0 Å². The van der Waals surface area contributed by atoms with E-state index in [1.54, 1.807) is 19.1 Å². The Balaban J connectivity index is 2.47. The largest absolute Gasteiger partial charge is 0.496 e. The number of carbonyl (C=O) groups excluding carboxylic acids is 2. The molecule has 2 N–H and O–H groups in total. The summed E-state index contributed by atoms with van der Waals surface area (Å²) in [5, 5.41) is 5.59. The van der Waals surface area contributed by atoms with Crippen molar-refractivity contribution in [1.82, 2.24) is 10.6 Å². The Hall–Kier alpha value is -1.95. The zero-order chi connectivity index (χ0) is 15.0. The molecule has 0 aliphatic rings. The number of ether oxygens (including phenoxy) is 2. The molecule has 0 bridgehead atoms. The van der Waals surface area contributed by atoms with Crippen LogP contribution in [-0.4, -0.2) is 38.8 Å². The van der Waals surface area contributed by atoms with Gasteiger partial charge in [-0.05, 0) is 25.1 Å². The Morgan fingerprint density at radius 2 is 1.95 bits per heavy atom. The van der Waals surface area contributed by atoms with Gasteiger partial charge in [-0.2, -0.15) is 0 Å². The van der Waals surface area contributed by atoms with Crippen molar-refractivity contribution in [3.05, 3.63) is 28.8 Å². The average molecular weight is 301 g/mol. The Morgan fingerprint density at radius 1 is 1.25 bits per heavy atom. The van der Waals surface area contributed by atoms with Crippen molar-refractivity contribution in [2.45, 2.75) is 6.92 Å². The van der Waals surface area contributed by atoms with E-state index in [0.29, 0.717) is 22.9 Å². The van der Waals surface area contributed by atoms with Gasteiger partial charge in [-0.3, -0.25) is 4.79 Å². The van der Waals surface area contributed by atoms with Crippen molar-refractivity contribution in [2.24, 2.45) is 0 Å². The van der Waals surface area contributed by atoms with E-state index < -0.39 is 6.09 Å². The number of benzene rings is 1. The van der Waals surface area contributed by atoms with Crippen LogP contribution >= 0.6 is 11.6 Å². The lowest BCUT2D eigenvalue weighted by Gasteiger charge is -2.10. The maximum absolute atomic E-state index is 12.0. The highest BCUT2D eigenvalue weighted by Gasteiger charge is 2.12. The standard InChI is InChI=1S/C13H17ClN2O4/c1-3-20-13(18)16-7-6-15-12(17)10-8-9(14)4-5-11(10)19-2/h4-5,8H,3,6-7H2,1-2H3,(H,15,17)(H,16,18). The van der Waals surface area contributed by atoms with Crippen LogP contribution in [0.15, 0.2) is 18.2 Å². The molecule has 0 radical (unpaired) electrons. The second-order valence-corrected chi connectivity index (χ2v) is 4.18. The van der Waals surface area contributed by atoms with Crippen molar-refractivity contribution in [3.8, 4) is 5.75 Å². The van der Waals surface area contributed by atoms with Crippen LogP contribution in [-0.2, 0) is 4.74 Å². The molecule has 0 aliphatic heterocycles. The minimum absolute atomic E-state index is 0.271. The Morgan fingerprint density at radius 3 is 2.60 bits per heavy atom. The van der Waals surface area contributed by atoms with Gasteiger partial charge in [-0.15, -0.1) is 0 Å². The molecule has 0 spiro atoms. The fourth-order valence-electron chi connectivity index (χ4n) is 1.48. The average Bonchev–Trinajstić information content (AvgIpc) is 2.43. The first-order valence-corrected chi connectivity index (χ1v) is 6.48. The molecule has 20 heavy (non-hydrogen) atoms. The number of carbonyl (C=O) groups is 2. The molecular weight excluding hydrogens is 284 g/mol. The summed E-state index contributed by atoms with van der Waals surface area (Å²) in [4.78, 5) is 23.0. The van der Waals surface area contributed by atoms with E-state index in [9.17, 15) is 9.59 Å². The number of alkyl carbamates (subject to hydrolysis) is 1. The Kier molecular flexibility index (Phi) is 6.66. The first-order chi connectivity index (χ1) is 9.58. The van der Waals surface area contributed by atoms with E-state index in [1.807, 2.05) is 0 Å². The van der Waals surface area contributed by atoms with Crippen molar-refractivity contribution in [1.29, 1.82) is 0 Å². The van der Waals surface area contributed by atoms with Crippen LogP contribution in [0.4, 0.5) is 4.79 Å². The molecule has 0 aromatic heterocycles. The predicted octanol–water partition coefficient (Wildman–Crippen LogP) is 1.82. The SMILES string of the molecule is CCOC(=O)NCCNC(=O)c1cc(Cl)ccc1OC. The first-order valence-electron chi connectivity index (χ1n) is 6.10. The molecule has 2 amide bonds. The van der Waals surface area contributed by atoms with E-state index in [0.717, 1.165) is 0 Å². The van der Waals surface area contributed by atoms with Gasteiger partial charge in [0.2, 0.25) is 0 Å². The maximum Gasteiger partial charge on any atom is 0.407 e. The third-order valence-electron chi connectivity index (χ3n) is 2.36. The molecule has 0 atom stereocenters. The Bertz CT molecular complexity index is 479. The molecule has 1 aromatic carbocycles. The molecule has 0 saturated heterocycles. The second kappa shape index (κ2) is 8.27. The molecule has 0 fully saturated rings. The number of nitrogens with one attached hydrogen (secondary N) is 2. The van der Waals surface area contributed by atoms with E-state index in [2.05, 4.69) is 15.4 Å². The fraction of sp³-hybridized carbons (Fsp3) is 0.385. The number of methoxy groups -OCH3 is 1. The molecule has 1 aromatic rings. The first kappa shape index (κ1) is 16.1. The zero-order valence-electron chi connectivity index (χ0n) is 11.4. The fourth-order valence-corrected chi connectivity index (χ4v) is 1.65. The Labute approximate surface area is 122 Å². The maximum atomic E-state index is 12.0. The molecule has 7 heteroatoms. The van der Waals surface area contributed by atoms with Gasteiger partial charge < -0.3 is 20.1 Å². The van der Waals surface area contributed by atoms with Crippen molar-refractivity contribution >= 4 is 23.6 Å². The predicted molar refractivity (Wildman–Crippen MR) is 75.4 cm³/mol. The molecule has 0 unspecified atom stereocenters. The molecule has 0 aliphatic carbocycles. The van der Waals surface area contributed by atoms with Crippen molar-refractivity contribution < 1.29 is 19.1 Å². The summed E-state index contributed by atoms with van der Waals surface area (Å²) in [7, 11) is 1.47. The molecule has 110 valence electrons. The lowest BCUT2D eigenvalue weighted by atomic mass is 10.2. The van der Waals surface area contributed by atoms with Gasteiger partial charge in [-0.1, -0.05) is 11.6 Å². The minimum atomic E-state index is -0.512. The number of hydrogen-bond acceptors (Lipinski definition) is 4. The minimum Gasteiger partial charge on any atom is -0.496 e. The van der Waals surface area contributed by atoms with Gasteiger partial charge in [0.15, 0.2) is 0 Å². The summed E-state index contributed by atoms with van der Waals surface area (Å²) in [6, 6.07) is 4.78. The van der Waals surface area contributed by atoms with Gasteiger partial charge in [0.1, 0.15) is 5.75 Å². The van der Waals surface area contributed by atoms with Gasteiger partial charge in [-0.25, -0.2) is 4.79 Å². The van der Waals surface area contributed by atoms with Crippen LogP contribution in [0.5, 0.6) is 5.75 Å². The van der Waals surface area contributed by atoms with E-state index in [1.165, 1.54) is 13.2 Å². The zero-order valence-corrected chi connectivity index (χ0v) is 12.1. The normalized spacial score (nSPS) is 9.75. The van der Waals surface area contributed by atoms with Crippen LogP contribution in [0, 0.1) is 0 Å². The third-order valence-corrected chi connectivity index (χ3v) is 2.60. The highest BCUT2D eigenvalue weighted by Crippen LogP contribution is 2.22. The summed E-state index contributed by atoms with van der Waals surface area (Å²) < 4.78 is 9.77. The van der Waals surface area contributed by atoms with Crippen molar-refractivity contribution in [2.75, 3.05) is 26.8 Å². The van der Waals surface area contributed by atoms with E-state index in [4.69, 9.17) is 16.3 Å². The van der Waals surface area contributed by atoms with Crippen LogP contribution in [0.3, 0.4) is 0 Å². The number of rotatable bonds is 6. The summed E-state index contributed by atoms with van der Waals surface area (Å²) >= 11 is 5.85. The highest BCUT2D eigenvalue weighted by molar-refractivity contribution is 6.31. The number of amides is 2. The topological polar surface area (TPSA) is 76.7 Å². The van der Waals surface area contributed by atoms with Crippen LogP contribution in [0.1, 0.15) is 17.3 Å². The highest BCUT2D eigenvalue weighted by atomic mass is 35.5. The molecule has 6 nitrogen and oxygen atoms in total. The van der Waals surface area contributed by atoms with Crippen molar-refractivity contribution in [3.63, 3.8) is 0 Å². The van der Waals surface area contributed by atoms with Gasteiger partial charge in [0.05, 0.1) is 19.3 Å². The number of halogens is 1. The van der Waals surface area contributed by atoms with Gasteiger partial charge in [0, 0.05) is 18.1 Å². The quantitative estimate of drug-likeness (QED) is 0.786. The summed E-state index contributed by atoms with van der Waals surface area (Å²) in [5.74, 6) is 0.111.